The fourth-order valence-electron chi connectivity index (χ4n) is 2.06. The molecule has 1 aromatic rings. The lowest BCUT2D eigenvalue weighted by Gasteiger charge is -2.20. The molecule has 0 atom stereocenters. The van der Waals surface area contributed by atoms with Crippen LogP contribution >= 0.6 is 0 Å². The summed E-state index contributed by atoms with van der Waals surface area (Å²) in [5.74, 6) is 0.532. The lowest BCUT2D eigenvalue weighted by molar-refractivity contribution is 0.241. The molecule has 0 bridgehead atoms. The van der Waals surface area contributed by atoms with Gasteiger partial charge in [0.25, 0.3) is 0 Å². The van der Waals surface area contributed by atoms with Crippen molar-refractivity contribution in [2.45, 2.75) is 38.8 Å². The molecule has 0 radical (unpaired) electrons. The van der Waals surface area contributed by atoms with Gasteiger partial charge in [-0.25, -0.2) is 13.2 Å². The highest BCUT2D eigenvalue weighted by Gasteiger charge is 2.23. The molecule has 1 saturated carbocycles. The number of anilines is 1. The number of carbonyl (C=O) groups is 1. The number of sulfonamides is 1. The van der Waals surface area contributed by atoms with E-state index < -0.39 is 10.0 Å². The van der Waals surface area contributed by atoms with Gasteiger partial charge in [-0.05, 0) is 51.0 Å². The molecule has 1 aliphatic rings. The van der Waals surface area contributed by atoms with Gasteiger partial charge >= 0.3 is 6.03 Å². The summed E-state index contributed by atoms with van der Waals surface area (Å²) in [5.41, 5.74) is 0.550. The fraction of sp³-hybridized carbons (Fsp3) is 0.562. The van der Waals surface area contributed by atoms with Gasteiger partial charge in [0.1, 0.15) is 5.75 Å². The van der Waals surface area contributed by atoms with E-state index in [1.807, 2.05) is 13.8 Å². The zero-order valence-corrected chi connectivity index (χ0v) is 15.1. The topological polar surface area (TPSA) is 87.7 Å². The van der Waals surface area contributed by atoms with Gasteiger partial charge in [0.15, 0.2) is 0 Å². The molecular weight excluding hydrogens is 330 g/mol. The SMILES string of the molecule is CC(C)Oc1ccc(N(C)S(=O)(=O)CCNC(=O)NC2CC2)cc1. The maximum absolute atomic E-state index is 12.3. The van der Waals surface area contributed by atoms with Crippen LogP contribution in [0.25, 0.3) is 0 Å². The van der Waals surface area contributed by atoms with Crippen LogP contribution in [0.5, 0.6) is 5.75 Å². The van der Waals surface area contributed by atoms with Crippen LogP contribution in [-0.2, 0) is 10.0 Å². The van der Waals surface area contributed by atoms with Crippen LogP contribution in [0, 0.1) is 0 Å². The summed E-state index contributed by atoms with van der Waals surface area (Å²) in [6, 6.07) is 6.80. The molecule has 0 aliphatic heterocycles. The second-order valence-electron chi connectivity index (χ2n) is 6.12. The third-order valence-electron chi connectivity index (χ3n) is 3.55. The van der Waals surface area contributed by atoms with Crippen LogP contribution in [0.15, 0.2) is 24.3 Å². The number of hydrogen-bond donors (Lipinski definition) is 2. The van der Waals surface area contributed by atoms with Gasteiger partial charge in [0.2, 0.25) is 10.0 Å². The van der Waals surface area contributed by atoms with Crippen LogP contribution in [0.3, 0.4) is 0 Å². The van der Waals surface area contributed by atoms with E-state index in [9.17, 15) is 13.2 Å². The van der Waals surface area contributed by atoms with E-state index in [2.05, 4.69) is 10.6 Å². The zero-order valence-electron chi connectivity index (χ0n) is 14.3. The molecule has 1 aromatic carbocycles. The number of hydrogen-bond acceptors (Lipinski definition) is 4. The second-order valence-corrected chi connectivity index (χ2v) is 8.24. The summed E-state index contributed by atoms with van der Waals surface area (Å²) in [6.45, 7) is 3.92. The molecule has 1 fully saturated rings. The lowest BCUT2D eigenvalue weighted by atomic mass is 10.3. The molecule has 0 aromatic heterocycles. The first-order valence-corrected chi connectivity index (χ1v) is 9.66. The van der Waals surface area contributed by atoms with Gasteiger partial charge in [-0.2, -0.15) is 0 Å². The molecule has 8 heteroatoms. The van der Waals surface area contributed by atoms with Crippen LogP contribution in [-0.4, -0.2) is 45.9 Å². The van der Waals surface area contributed by atoms with E-state index in [1.54, 1.807) is 24.3 Å². The quantitative estimate of drug-likeness (QED) is 0.743. The number of nitrogens with one attached hydrogen (secondary N) is 2. The van der Waals surface area contributed by atoms with Crippen molar-refractivity contribution in [3.05, 3.63) is 24.3 Å². The Hall–Kier alpha value is -1.96. The lowest BCUT2D eigenvalue weighted by Crippen LogP contribution is -2.41. The first kappa shape index (κ1) is 18.4. The maximum Gasteiger partial charge on any atom is 0.315 e. The van der Waals surface area contributed by atoms with Gasteiger partial charge in [0, 0.05) is 19.6 Å². The van der Waals surface area contributed by atoms with Gasteiger partial charge < -0.3 is 15.4 Å². The van der Waals surface area contributed by atoms with Crippen LogP contribution in [0.2, 0.25) is 0 Å². The van der Waals surface area contributed by atoms with Crippen molar-refractivity contribution in [2.24, 2.45) is 0 Å². The summed E-state index contributed by atoms with van der Waals surface area (Å²) in [4.78, 5) is 11.5. The van der Waals surface area contributed by atoms with Crippen molar-refractivity contribution in [2.75, 3.05) is 23.7 Å². The van der Waals surface area contributed by atoms with E-state index in [1.165, 1.54) is 11.4 Å². The molecule has 2 rings (SSSR count). The van der Waals surface area contributed by atoms with Crippen LogP contribution < -0.4 is 19.7 Å². The normalized spacial score (nSPS) is 14.3. The number of urea groups is 1. The predicted octanol–water partition coefficient (Wildman–Crippen LogP) is 1.70. The Morgan fingerprint density at radius 2 is 1.92 bits per heavy atom. The second kappa shape index (κ2) is 7.74. The largest absolute Gasteiger partial charge is 0.491 e. The number of nitrogens with zero attached hydrogens (tertiary/aromatic N) is 1. The Morgan fingerprint density at radius 3 is 2.46 bits per heavy atom. The number of carbonyl (C=O) groups excluding carboxylic acids is 1. The predicted molar refractivity (Wildman–Crippen MR) is 94.0 cm³/mol. The maximum atomic E-state index is 12.3. The molecule has 24 heavy (non-hydrogen) atoms. The first-order chi connectivity index (χ1) is 11.3. The smallest absolute Gasteiger partial charge is 0.315 e. The Bertz CT molecular complexity index is 654. The monoisotopic (exact) mass is 355 g/mol. The van der Waals surface area contributed by atoms with Gasteiger partial charge in [-0.1, -0.05) is 0 Å². The van der Waals surface area contributed by atoms with Crippen molar-refractivity contribution in [3.8, 4) is 5.75 Å². The van der Waals surface area contributed by atoms with E-state index in [0.29, 0.717) is 11.4 Å². The highest BCUT2D eigenvalue weighted by molar-refractivity contribution is 7.92. The minimum Gasteiger partial charge on any atom is -0.491 e. The molecule has 2 N–H and O–H groups in total. The first-order valence-electron chi connectivity index (χ1n) is 8.05. The van der Waals surface area contributed by atoms with Crippen molar-refractivity contribution < 1.29 is 17.9 Å². The summed E-state index contributed by atoms with van der Waals surface area (Å²) in [6.07, 6.45) is 2.04. The zero-order chi connectivity index (χ0) is 17.7. The summed E-state index contributed by atoms with van der Waals surface area (Å²) >= 11 is 0. The minimum absolute atomic E-state index is 0.0603. The molecule has 1 aliphatic carbocycles. The number of amides is 2. The Labute approximate surface area is 143 Å². The fourth-order valence-corrected chi connectivity index (χ4v) is 3.14. The van der Waals surface area contributed by atoms with E-state index in [0.717, 1.165) is 12.8 Å². The number of rotatable bonds is 8. The molecule has 2 amide bonds. The summed E-state index contributed by atoms with van der Waals surface area (Å²) in [7, 11) is -2.01. The molecule has 134 valence electrons. The number of benzene rings is 1. The van der Waals surface area contributed by atoms with Crippen molar-refractivity contribution in [1.29, 1.82) is 0 Å². The molecular formula is C16H25N3O4S. The number of ether oxygens (including phenoxy) is 1. The van der Waals surface area contributed by atoms with Gasteiger partial charge in [-0.3, -0.25) is 4.31 Å². The molecule has 0 unspecified atom stereocenters. The third kappa shape index (κ3) is 5.59. The van der Waals surface area contributed by atoms with Crippen LogP contribution in [0.4, 0.5) is 10.5 Å². The average molecular weight is 355 g/mol. The summed E-state index contributed by atoms with van der Waals surface area (Å²) < 4.78 is 31.4. The van der Waals surface area contributed by atoms with Crippen molar-refractivity contribution >= 4 is 21.7 Å². The van der Waals surface area contributed by atoms with E-state index >= 15 is 0 Å². The molecule has 7 nitrogen and oxygen atoms in total. The average Bonchev–Trinajstić information content (AvgIpc) is 3.30. The third-order valence-corrected chi connectivity index (χ3v) is 5.31. The Kier molecular flexibility index (Phi) is 5.93. The molecule has 0 heterocycles. The van der Waals surface area contributed by atoms with Crippen molar-refractivity contribution in [1.82, 2.24) is 10.6 Å². The molecule has 0 saturated heterocycles. The Morgan fingerprint density at radius 1 is 1.29 bits per heavy atom. The van der Waals surface area contributed by atoms with E-state index in [-0.39, 0.29) is 30.5 Å². The van der Waals surface area contributed by atoms with Crippen molar-refractivity contribution in [3.63, 3.8) is 0 Å². The summed E-state index contributed by atoms with van der Waals surface area (Å²) in [5, 5.41) is 5.32. The van der Waals surface area contributed by atoms with Gasteiger partial charge in [-0.15, -0.1) is 0 Å². The van der Waals surface area contributed by atoms with Crippen LogP contribution in [0.1, 0.15) is 26.7 Å². The Balaban J connectivity index is 1.86. The minimum atomic E-state index is -3.51. The standard InChI is InChI=1S/C16H25N3O4S/c1-12(2)23-15-8-6-14(7-9-15)19(3)24(21,22)11-10-17-16(20)18-13-4-5-13/h6-9,12-13H,4-5,10-11H2,1-3H3,(H2,17,18,20). The highest BCUT2D eigenvalue weighted by atomic mass is 32.2. The molecule has 0 spiro atoms. The van der Waals surface area contributed by atoms with Gasteiger partial charge in [0.05, 0.1) is 17.5 Å². The van der Waals surface area contributed by atoms with E-state index in [4.69, 9.17) is 4.74 Å². The highest BCUT2D eigenvalue weighted by Crippen LogP contribution is 2.21.